The van der Waals surface area contributed by atoms with Gasteiger partial charge in [0.25, 0.3) is 0 Å². The molecule has 0 aliphatic rings. The van der Waals surface area contributed by atoms with Crippen LogP contribution in [0.5, 0.6) is 0 Å². The Bertz CT molecular complexity index is 916. The van der Waals surface area contributed by atoms with Crippen molar-refractivity contribution in [2.45, 2.75) is 46.2 Å². The first kappa shape index (κ1) is 19.8. The van der Waals surface area contributed by atoms with Gasteiger partial charge in [-0.15, -0.1) is 0 Å². The van der Waals surface area contributed by atoms with Crippen molar-refractivity contribution in [2.24, 2.45) is 0 Å². The van der Waals surface area contributed by atoms with Gasteiger partial charge in [0.15, 0.2) is 0 Å². The molecule has 0 aliphatic heterocycles. The maximum Gasteiger partial charge on any atom is 0.225 e. The highest BCUT2D eigenvalue weighted by atomic mass is 16.1. The Hall–Kier alpha value is -2.92. The lowest BCUT2D eigenvalue weighted by molar-refractivity contribution is -0.116. The highest BCUT2D eigenvalue weighted by molar-refractivity contribution is 5.91. The molecule has 1 heterocycles. The molecule has 3 aromatic rings. The Labute approximate surface area is 166 Å². The second kappa shape index (κ2) is 8.85. The minimum absolute atomic E-state index is 0.0228. The van der Waals surface area contributed by atoms with Crippen LogP contribution < -0.4 is 10.6 Å². The van der Waals surface area contributed by atoms with Crippen LogP contribution in [0.1, 0.15) is 43.0 Å². The fourth-order valence-electron chi connectivity index (χ4n) is 3.36. The summed E-state index contributed by atoms with van der Waals surface area (Å²) in [5.41, 5.74) is 5.42. The molecule has 0 aliphatic carbocycles. The van der Waals surface area contributed by atoms with E-state index < -0.39 is 0 Å². The third-order valence-electron chi connectivity index (χ3n) is 4.88. The number of aromatic nitrogens is 2. The fourth-order valence-corrected chi connectivity index (χ4v) is 3.36. The molecule has 2 N–H and O–H groups in total. The summed E-state index contributed by atoms with van der Waals surface area (Å²) < 4.78 is 1.97. The number of carbonyl (C=O) groups excluding carboxylic acids is 1. The van der Waals surface area contributed by atoms with Gasteiger partial charge in [-0.3, -0.25) is 4.79 Å². The van der Waals surface area contributed by atoms with E-state index in [1.807, 2.05) is 43.7 Å². The van der Waals surface area contributed by atoms with Gasteiger partial charge in [-0.05, 0) is 57.0 Å². The van der Waals surface area contributed by atoms with Crippen molar-refractivity contribution in [1.29, 1.82) is 0 Å². The number of carbonyl (C=O) groups is 1. The van der Waals surface area contributed by atoms with E-state index in [9.17, 15) is 4.79 Å². The molecular formula is C23H28N4O. The maximum atomic E-state index is 12.4. The molecule has 2 unspecified atom stereocenters. The van der Waals surface area contributed by atoms with Crippen LogP contribution in [0, 0.1) is 13.8 Å². The van der Waals surface area contributed by atoms with Gasteiger partial charge in [-0.2, -0.15) is 0 Å². The second-order valence-electron chi connectivity index (χ2n) is 7.42. The molecule has 5 heteroatoms. The number of hydrogen-bond donors (Lipinski definition) is 2. The van der Waals surface area contributed by atoms with Crippen molar-refractivity contribution in [1.82, 2.24) is 14.9 Å². The van der Waals surface area contributed by atoms with E-state index in [0.29, 0.717) is 6.42 Å². The predicted octanol–water partition coefficient (Wildman–Crippen LogP) is 4.56. The molecule has 146 valence electrons. The average molecular weight is 377 g/mol. The smallest absolute Gasteiger partial charge is 0.225 e. The van der Waals surface area contributed by atoms with Gasteiger partial charge in [-0.25, -0.2) is 4.98 Å². The molecule has 0 saturated carbocycles. The van der Waals surface area contributed by atoms with Crippen LogP contribution in [-0.2, 0) is 4.79 Å². The van der Waals surface area contributed by atoms with E-state index in [-0.39, 0.29) is 18.0 Å². The number of nitrogens with zero attached hydrogens (tertiary/aromatic N) is 2. The molecule has 5 nitrogen and oxygen atoms in total. The van der Waals surface area contributed by atoms with E-state index in [4.69, 9.17) is 0 Å². The summed E-state index contributed by atoms with van der Waals surface area (Å²) in [7, 11) is 0. The fraction of sp³-hybridized carbons (Fsp3) is 0.304. The Kier molecular flexibility index (Phi) is 6.26. The van der Waals surface area contributed by atoms with Gasteiger partial charge >= 0.3 is 0 Å². The lowest BCUT2D eigenvalue weighted by Crippen LogP contribution is -2.32. The Morgan fingerprint density at radius 1 is 1.11 bits per heavy atom. The van der Waals surface area contributed by atoms with Crippen molar-refractivity contribution in [3.8, 4) is 5.69 Å². The SMILES string of the molecule is Cc1ccc(NC(=O)CC(C)NC(C)c2ccc(-n3ccnc3)cc2)c(C)c1. The van der Waals surface area contributed by atoms with Crippen LogP contribution in [0.4, 0.5) is 5.69 Å². The largest absolute Gasteiger partial charge is 0.326 e. The second-order valence-corrected chi connectivity index (χ2v) is 7.42. The van der Waals surface area contributed by atoms with E-state index in [1.54, 1.807) is 12.5 Å². The molecule has 2 atom stereocenters. The summed E-state index contributed by atoms with van der Waals surface area (Å²) in [6.07, 6.45) is 5.90. The quantitative estimate of drug-likeness (QED) is 0.636. The van der Waals surface area contributed by atoms with Gasteiger partial charge < -0.3 is 15.2 Å². The van der Waals surface area contributed by atoms with Crippen molar-refractivity contribution in [3.63, 3.8) is 0 Å². The molecule has 1 aromatic heterocycles. The van der Waals surface area contributed by atoms with Crippen molar-refractivity contribution >= 4 is 11.6 Å². The summed E-state index contributed by atoms with van der Waals surface area (Å²) in [5.74, 6) is 0.0228. The number of imidazole rings is 1. The minimum atomic E-state index is 0.0228. The van der Waals surface area contributed by atoms with Gasteiger partial charge in [0.1, 0.15) is 0 Å². The van der Waals surface area contributed by atoms with Crippen LogP contribution in [0.3, 0.4) is 0 Å². The molecule has 0 bridgehead atoms. The number of benzene rings is 2. The van der Waals surface area contributed by atoms with Gasteiger partial charge in [0.2, 0.25) is 5.91 Å². The van der Waals surface area contributed by atoms with Crippen LogP contribution in [0.25, 0.3) is 5.69 Å². The van der Waals surface area contributed by atoms with Crippen LogP contribution in [0.15, 0.2) is 61.2 Å². The molecule has 0 spiro atoms. The zero-order chi connectivity index (χ0) is 20.1. The highest BCUT2D eigenvalue weighted by Crippen LogP contribution is 2.18. The summed E-state index contributed by atoms with van der Waals surface area (Å²) in [6.45, 7) is 8.22. The molecule has 2 aromatic carbocycles. The molecule has 0 saturated heterocycles. The number of amides is 1. The minimum Gasteiger partial charge on any atom is -0.326 e. The third-order valence-corrected chi connectivity index (χ3v) is 4.88. The standard InChI is InChI=1S/C23H28N4O/c1-16-5-10-22(17(2)13-16)26-23(28)14-18(3)25-19(4)20-6-8-21(9-7-20)27-12-11-24-15-27/h5-13,15,18-19,25H,14H2,1-4H3,(H,26,28). The average Bonchev–Trinajstić information content (AvgIpc) is 3.18. The normalized spacial score (nSPS) is 13.1. The zero-order valence-corrected chi connectivity index (χ0v) is 16.9. The number of nitrogens with one attached hydrogen (secondary N) is 2. The van der Waals surface area contributed by atoms with Gasteiger partial charge in [0.05, 0.1) is 6.33 Å². The number of aryl methyl sites for hydroxylation is 2. The van der Waals surface area contributed by atoms with Crippen LogP contribution in [-0.4, -0.2) is 21.5 Å². The Balaban J connectivity index is 1.53. The molecular weight excluding hydrogens is 348 g/mol. The lowest BCUT2D eigenvalue weighted by Gasteiger charge is -2.21. The van der Waals surface area contributed by atoms with Gasteiger partial charge in [-0.1, -0.05) is 29.8 Å². The summed E-state index contributed by atoms with van der Waals surface area (Å²) in [5, 5.41) is 6.53. The van der Waals surface area contributed by atoms with E-state index >= 15 is 0 Å². The van der Waals surface area contributed by atoms with E-state index in [0.717, 1.165) is 16.9 Å². The van der Waals surface area contributed by atoms with Crippen molar-refractivity contribution in [2.75, 3.05) is 5.32 Å². The lowest BCUT2D eigenvalue weighted by atomic mass is 10.1. The molecule has 3 rings (SSSR count). The summed E-state index contributed by atoms with van der Waals surface area (Å²) in [4.78, 5) is 16.5. The molecule has 0 fully saturated rings. The summed E-state index contributed by atoms with van der Waals surface area (Å²) in [6, 6.07) is 14.6. The highest BCUT2D eigenvalue weighted by Gasteiger charge is 2.14. The molecule has 0 radical (unpaired) electrons. The van der Waals surface area contributed by atoms with Crippen LogP contribution >= 0.6 is 0 Å². The Morgan fingerprint density at radius 2 is 1.86 bits per heavy atom. The van der Waals surface area contributed by atoms with Gasteiger partial charge in [0, 0.05) is 42.3 Å². The number of hydrogen-bond acceptors (Lipinski definition) is 3. The molecule has 28 heavy (non-hydrogen) atoms. The van der Waals surface area contributed by atoms with Crippen LogP contribution in [0.2, 0.25) is 0 Å². The topological polar surface area (TPSA) is 59.0 Å². The molecule has 1 amide bonds. The summed E-state index contributed by atoms with van der Waals surface area (Å²) >= 11 is 0. The number of rotatable bonds is 7. The maximum absolute atomic E-state index is 12.4. The number of anilines is 1. The van der Waals surface area contributed by atoms with Crippen molar-refractivity contribution < 1.29 is 4.79 Å². The van der Waals surface area contributed by atoms with E-state index in [2.05, 4.69) is 52.9 Å². The Morgan fingerprint density at radius 3 is 2.50 bits per heavy atom. The first-order valence-electron chi connectivity index (χ1n) is 9.64. The first-order valence-corrected chi connectivity index (χ1v) is 9.64. The van der Waals surface area contributed by atoms with E-state index in [1.165, 1.54) is 11.1 Å². The zero-order valence-electron chi connectivity index (χ0n) is 16.9. The monoisotopic (exact) mass is 376 g/mol. The van der Waals surface area contributed by atoms with Crippen molar-refractivity contribution in [3.05, 3.63) is 77.9 Å². The predicted molar refractivity (Wildman–Crippen MR) is 114 cm³/mol. The first-order chi connectivity index (χ1) is 13.4. The third kappa shape index (κ3) is 5.08.